The van der Waals surface area contributed by atoms with Gasteiger partial charge in [0, 0.05) is 17.2 Å². The molecular formula is C19H24IN3O. The van der Waals surface area contributed by atoms with Crippen LogP contribution >= 0.6 is 24.0 Å². The van der Waals surface area contributed by atoms with Gasteiger partial charge in [0.05, 0.1) is 13.7 Å². The first-order chi connectivity index (χ1) is 11.2. The van der Waals surface area contributed by atoms with Crippen LogP contribution < -0.4 is 15.8 Å². The van der Waals surface area contributed by atoms with E-state index in [-0.39, 0.29) is 29.4 Å². The van der Waals surface area contributed by atoms with Crippen molar-refractivity contribution in [3.8, 4) is 5.75 Å². The van der Waals surface area contributed by atoms with Crippen molar-refractivity contribution in [1.29, 1.82) is 0 Å². The molecule has 3 rings (SSSR count). The van der Waals surface area contributed by atoms with Crippen LogP contribution in [-0.2, 0) is 5.41 Å². The Hall–Kier alpha value is -1.76. The number of nitrogens with one attached hydrogen (secondary N) is 1. The van der Waals surface area contributed by atoms with Gasteiger partial charge in [0.1, 0.15) is 5.75 Å². The van der Waals surface area contributed by atoms with E-state index >= 15 is 0 Å². The highest BCUT2D eigenvalue weighted by molar-refractivity contribution is 14.0. The zero-order chi connectivity index (χ0) is 16.1. The maximum Gasteiger partial charge on any atom is 0.193 e. The largest absolute Gasteiger partial charge is 0.497 e. The Bertz CT molecular complexity index is 684. The van der Waals surface area contributed by atoms with Gasteiger partial charge in [-0.3, -0.25) is 4.99 Å². The lowest BCUT2D eigenvalue weighted by molar-refractivity contribution is 0.254. The van der Waals surface area contributed by atoms with E-state index in [0.29, 0.717) is 5.96 Å². The minimum Gasteiger partial charge on any atom is -0.497 e. The first kappa shape index (κ1) is 18.6. The molecule has 0 bridgehead atoms. The number of nitrogens with zero attached hydrogens (tertiary/aromatic N) is 1. The molecule has 1 aliphatic rings. The summed E-state index contributed by atoms with van der Waals surface area (Å²) >= 11 is 0. The zero-order valence-corrected chi connectivity index (χ0v) is 16.2. The number of anilines is 1. The fourth-order valence-electron chi connectivity index (χ4n) is 3.06. The first-order valence-electron chi connectivity index (χ1n) is 7.98. The lowest BCUT2D eigenvalue weighted by Gasteiger charge is -2.41. The predicted octanol–water partition coefficient (Wildman–Crippen LogP) is 4.16. The molecule has 0 amide bonds. The summed E-state index contributed by atoms with van der Waals surface area (Å²) in [5.74, 6) is 1.24. The maximum atomic E-state index is 6.06. The van der Waals surface area contributed by atoms with Crippen molar-refractivity contribution in [2.45, 2.75) is 24.7 Å². The average Bonchev–Trinajstić information content (AvgIpc) is 2.55. The van der Waals surface area contributed by atoms with E-state index in [1.54, 1.807) is 7.11 Å². The molecule has 0 unspecified atom stereocenters. The molecule has 1 fully saturated rings. The molecule has 5 heteroatoms. The smallest absolute Gasteiger partial charge is 0.193 e. The molecule has 4 nitrogen and oxygen atoms in total. The van der Waals surface area contributed by atoms with Crippen LogP contribution in [-0.4, -0.2) is 19.6 Å². The fraction of sp³-hybridized carbons (Fsp3) is 0.316. The van der Waals surface area contributed by atoms with Crippen LogP contribution in [0.15, 0.2) is 59.6 Å². The number of rotatable bonds is 5. The van der Waals surface area contributed by atoms with Gasteiger partial charge in [-0.25, -0.2) is 0 Å². The van der Waals surface area contributed by atoms with Gasteiger partial charge in [0.15, 0.2) is 5.96 Å². The second kappa shape index (κ2) is 8.37. The average molecular weight is 437 g/mol. The van der Waals surface area contributed by atoms with Crippen LogP contribution in [0, 0.1) is 0 Å². The van der Waals surface area contributed by atoms with Crippen LogP contribution in [0.25, 0.3) is 0 Å². The molecular weight excluding hydrogens is 413 g/mol. The van der Waals surface area contributed by atoms with Gasteiger partial charge in [0.2, 0.25) is 0 Å². The van der Waals surface area contributed by atoms with Crippen LogP contribution in [0.2, 0.25) is 0 Å². The Morgan fingerprint density at radius 1 is 1.17 bits per heavy atom. The van der Waals surface area contributed by atoms with Crippen molar-refractivity contribution in [2.75, 3.05) is 19.0 Å². The lowest BCUT2D eigenvalue weighted by Crippen LogP contribution is -2.38. The quantitative estimate of drug-likeness (QED) is 0.420. The predicted molar refractivity (Wildman–Crippen MR) is 110 cm³/mol. The van der Waals surface area contributed by atoms with E-state index in [1.165, 1.54) is 24.8 Å². The molecule has 2 aromatic carbocycles. The van der Waals surface area contributed by atoms with E-state index in [4.69, 9.17) is 10.5 Å². The van der Waals surface area contributed by atoms with Gasteiger partial charge in [-0.2, -0.15) is 0 Å². The molecule has 1 saturated carbocycles. The van der Waals surface area contributed by atoms with Gasteiger partial charge in [0.25, 0.3) is 0 Å². The summed E-state index contributed by atoms with van der Waals surface area (Å²) in [6.45, 7) is 0.722. The Balaban J connectivity index is 0.00000208. The van der Waals surface area contributed by atoms with Gasteiger partial charge >= 0.3 is 0 Å². The summed E-state index contributed by atoms with van der Waals surface area (Å²) in [7, 11) is 1.65. The highest BCUT2D eigenvalue weighted by Crippen LogP contribution is 2.43. The molecule has 0 atom stereocenters. The number of hydrogen-bond donors (Lipinski definition) is 2. The SMILES string of the molecule is COc1cccc(NC(N)=NCC2(c3ccccc3)CCC2)c1.I. The fourth-order valence-corrected chi connectivity index (χ4v) is 3.06. The summed E-state index contributed by atoms with van der Waals surface area (Å²) in [5, 5.41) is 3.14. The maximum absolute atomic E-state index is 6.06. The summed E-state index contributed by atoms with van der Waals surface area (Å²) in [4.78, 5) is 4.59. The van der Waals surface area contributed by atoms with Gasteiger partial charge < -0.3 is 15.8 Å². The number of aliphatic imine (C=N–C) groups is 1. The minimum absolute atomic E-state index is 0. The molecule has 0 spiro atoms. The Morgan fingerprint density at radius 3 is 2.54 bits per heavy atom. The molecule has 24 heavy (non-hydrogen) atoms. The van der Waals surface area contributed by atoms with E-state index < -0.39 is 0 Å². The van der Waals surface area contributed by atoms with Crippen molar-refractivity contribution >= 4 is 35.6 Å². The van der Waals surface area contributed by atoms with Crippen LogP contribution in [0.5, 0.6) is 5.75 Å². The number of ether oxygens (including phenoxy) is 1. The zero-order valence-electron chi connectivity index (χ0n) is 13.9. The second-order valence-corrected chi connectivity index (χ2v) is 6.06. The topological polar surface area (TPSA) is 59.6 Å². The molecule has 2 aromatic rings. The first-order valence-corrected chi connectivity index (χ1v) is 7.98. The van der Waals surface area contributed by atoms with Crippen LogP contribution in [0.3, 0.4) is 0 Å². The monoisotopic (exact) mass is 437 g/mol. The molecule has 1 aliphatic carbocycles. The van der Waals surface area contributed by atoms with Gasteiger partial charge in [-0.1, -0.05) is 42.8 Å². The van der Waals surface area contributed by atoms with Gasteiger partial charge in [-0.05, 0) is 30.5 Å². The standard InChI is InChI=1S/C19H23N3O.HI/c1-23-17-10-5-9-16(13-17)22-18(20)21-14-19(11-6-12-19)15-7-3-2-4-8-15;/h2-5,7-10,13H,6,11-12,14H2,1H3,(H3,20,21,22);1H. The Morgan fingerprint density at radius 2 is 1.92 bits per heavy atom. The summed E-state index contributed by atoms with van der Waals surface area (Å²) in [6.07, 6.45) is 3.60. The van der Waals surface area contributed by atoms with Crippen molar-refractivity contribution in [2.24, 2.45) is 10.7 Å². The number of guanidine groups is 1. The molecule has 0 saturated heterocycles. The molecule has 3 N–H and O–H groups in total. The molecule has 128 valence electrons. The highest BCUT2D eigenvalue weighted by atomic mass is 127. The normalized spacial score (nSPS) is 15.8. The number of nitrogens with two attached hydrogens (primary N) is 1. The summed E-state index contributed by atoms with van der Waals surface area (Å²) in [6, 6.07) is 18.3. The Kier molecular flexibility index (Phi) is 6.48. The molecule has 0 heterocycles. The van der Waals surface area contributed by atoms with E-state index in [0.717, 1.165) is 18.0 Å². The van der Waals surface area contributed by atoms with Crippen LogP contribution in [0.1, 0.15) is 24.8 Å². The third kappa shape index (κ3) is 4.20. The second-order valence-electron chi connectivity index (χ2n) is 6.06. The number of methoxy groups -OCH3 is 1. The lowest BCUT2D eigenvalue weighted by atomic mass is 9.64. The van der Waals surface area contributed by atoms with Crippen molar-refractivity contribution in [3.05, 3.63) is 60.2 Å². The summed E-state index contributed by atoms with van der Waals surface area (Å²) in [5.41, 5.74) is 8.46. The number of halogens is 1. The number of hydrogen-bond acceptors (Lipinski definition) is 2. The van der Waals surface area contributed by atoms with E-state index in [2.05, 4.69) is 40.6 Å². The molecule has 0 aliphatic heterocycles. The third-order valence-electron chi connectivity index (χ3n) is 4.59. The van der Waals surface area contributed by atoms with Gasteiger partial charge in [-0.15, -0.1) is 24.0 Å². The van der Waals surface area contributed by atoms with Crippen molar-refractivity contribution < 1.29 is 4.74 Å². The minimum atomic E-state index is 0. The van der Waals surface area contributed by atoms with E-state index in [9.17, 15) is 0 Å². The van der Waals surface area contributed by atoms with Crippen molar-refractivity contribution in [1.82, 2.24) is 0 Å². The molecule has 0 aromatic heterocycles. The highest BCUT2D eigenvalue weighted by Gasteiger charge is 2.38. The molecule has 0 radical (unpaired) electrons. The van der Waals surface area contributed by atoms with Crippen molar-refractivity contribution in [3.63, 3.8) is 0 Å². The Labute approximate surface area is 160 Å². The third-order valence-corrected chi connectivity index (χ3v) is 4.59. The summed E-state index contributed by atoms with van der Waals surface area (Å²) < 4.78 is 5.21. The van der Waals surface area contributed by atoms with E-state index in [1.807, 2.05) is 24.3 Å². The number of benzene rings is 2. The van der Waals surface area contributed by atoms with Crippen LogP contribution in [0.4, 0.5) is 5.69 Å².